The van der Waals surface area contributed by atoms with E-state index >= 15 is 0 Å². The van der Waals surface area contributed by atoms with Crippen LogP contribution < -0.4 is 5.32 Å². The Morgan fingerprint density at radius 3 is 1.98 bits per heavy atom. The minimum atomic E-state index is -1.36. The molecule has 13 heteroatoms. The molecule has 11 nitrogen and oxygen atoms in total. The van der Waals surface area contributed by atoms with Gasteiger partial charge in [-0.1, -0.05) is 49.7 Å². The number of likely N-dealkylation sites (tertiary alicyclic amines) is 1. The largest absolute Gasteiger partial charge is 0.388 e. The van der Waals surface area contributed by atoms with Crippen molar-refractivity contribution in [1.29, 1.82) is 0 Å². The van der Waals surface area contributed by atoms with Gasteiger partial charge in [-0.2, -0.15) is 0 Å². The number of nitrogens with one attached hydrogen (secondary N) is 1. The molecule has 0 unspecified atom stereocenters. The lowest BCUT2D eigenvalue weighted by Gasteiger charge is -2.44. The highest BCUT2D eigenvalue weighted by Gasteiger charge is 2.48. The van der Waals surface area contributed by atoms with Crippen LogP contribution in [0.25, 0.3) is 0 Å². The monoisotopic (exact) mass is 666 g/mol. The van der Waals surface area contributed by atoms with Crippen molar-refractivity contribution in [1.82, 2.24) is 10.2 Å². The molecule has 9 atom stereocenters. The number of alkyl halides is 1. The highest BCUT2D eigenvalue weighted by Crippen LogP contribution is 2.31. The summed E-state index contributed by atoms with van der Waals surface area (Å²) in [6, 6.07) is 15.6. The summed E-state index contributed by atoms with van der Waals surface area (Å²) in [5.41, 5.74) is -0.0666. The van der Waals surface area contributed by atoms with Crippen LogP contribution in [-0.2, 0) is 19.3 Å². The van der Waals surface area contributed by atoms with Crippen LogP contribution in [0.4, 0.5) is 0 Å². The van der Waals surface area contributed by atoms with Gasteiger partial charge >= 0.3 is 11.9 Å². The Hall–Kier alpha value is -2.71. The van der Waals surface area contributed by atoms with Crippen LogP contribution in [0.5, 0.6) is 0 Å². The first-order valence-electron chi connectivity index (χ1n) is 14.9. The number of nitrogens with zero attached hydrogens (tertiary/aromatic N) is 1. The molecule has 45 heavy (non-hydrogen) atoms. The molecule has 0 bridgehead atoms. The van der Waals surface area contributed by atoms with Crippen molar-refractivity contribution in [2.45, 2.75) is 80.4 Å². The Labute approximate surface area is 273 Å². The van der Waals surface area contributed by atoms with Crippen molar-refractivity contribution in [2.75, 3.05) is 19.8 Å². The predicted molar refractivity (Wildman–Crippen MR) is 171 cm³/mol. The maximum Gasteiger partial charge on any atom is 0.386 e. The van der Waals surface area contributed by atoms with Crippen molar-refractivity contribution >= 4 is 41.2 Å². The summed E-state index contributed by atoms with van der Waals surface area (Å²) >= 11 is 7.55. The number of thioether (sulfide) groups is 1. The average Bonchev–Trinajstić information content (AvgIpc) is 3.42. The summed E-state index contributed by atoms with van der Waals surface area (Å²) in [6.45, 7) is 4.74. The van der Waals surface area contributed by atoms with Gasteiger partial charge in [0.2, 0.25) is 5.91 Å². The number of aliphatic hydroxyl groups is 3. The number of halogens is 1. The number of likely N-dealkylation sites (N-methyl/N-ethyl adjacent to an activating group) is 1. The molecular weight excluding hydrogens is 624 g/mol. The summed E-state index contributed by atoms with van der Waals surface area (Å²) < 4.78 is 5.79. The summed E-state index contributed by atoms with van der Waals surface area (Å²) in [5.74, 6) is -1.07. The number of amides is 1. The number of aliphatic hydroxyl groups excluding tert-OH is 3. The molecule has 0 spiro atoms. The standard InChI is InChI=1S/C18H33ClN2O5S.C14H10O4/c1-5-6-10-7-11(21(3)8-10)17(25)20-12(9(2)19)16-14(23)13(22)15(24)18(26-16)27-4;15-13(11-7-3-1-4-8-11)17-18-14(16)12-9-5-2-6-10-12/h9-16,18,22-24H,5-8H2,1-4H3,(H,20,25);1-10H/t9-,10+,11-,12+,13-,14+,15+,16+,18+;/m0./s1. The molecule has 2 aromatic carbocycles. The van der Waals surface area contributed by atoms with Crippen LogP contribution in [0, 0.1) is 5.92 Å². The molecule has 0 saturated carbocycles. The maximum absolute atomic E-state index is 12.9. The summed E-state index contributed by atoms with van der Waals surface area (Å²) in [7, 11) is 1.94. The van der Waals surface area contributed by atoms with Gasteiger partial charge in [-0.15, -0.1) is 23.4 Å². The van der Waals surface area contributed by atoms with Crippen LogP contribution in [0.15, 0.2) is 60.7 Å². The van der Waals surface area contributed by atoms with E-state index < -0.39 is 53.2 Å². The van der Waals surface area contributed by atoms with E-state index in [1.54, 1.807) is 73.8 Å². The molecule has 2 aliphatic heterocycles. The van der Waals surface area contributed by atoms with E-state index in [0.717, 1.165) is 25.8 Å². The number of ether oxygens (including phenoxy) is 1. The zero-order valence-corrected chi connectivity index (χ0v) is 27.4. The number of hydrogen-bond donors (Lipinski definition) is 4. The van der Waals surface area contributed by atoms with Crippen LogP contribution >= 0.6 is 23.4 Å². The van der Waals surface area contributed by atoms with Gasteiger partial charge in [0.05, 0.1) is 28.6 Å². The predicted octanol–water partition coefficient (Wildman–Crippen LogP) is 3.00. The molecule has 2 heterocycles. The topological polar surface area (TPSA) is 155 Å². The van der Waals surface area contributed by atoms with Gasteiger partial charge in [-0.05, 0) is 63.3 Å². The van der Waals surface area contributed by atoms with Gasteiger partial charge in [-0.25, -0.2) is 19.4 Å². The van der Waals surface area contributed by atoms with E-state index in [0.29, 0.717) is 17.0 Å². The van der Waals surface area contributed by atoms with E-state index in [1.807, 2.05) is 11.9 Å². The van der Waals surface area contributed by atoms with Gasteiger partial charge in [0.25, 0.3) is 0 Å². The smallest absolute Gasteiger partial charge is 0.386 e. The Kier molecular flexibility index (Phi) is 14.6. The van der Waals surface area contributed by atoms with Gasteiger partial charge in [0, 0.05) is 6.54 Å². The molecule has 248 valence electrons. The van der Waals surface area contributed by atoms with Crippen LogP contribution in [0.1, 0.15) is 53.8 Å². The third kappa shape index (κ3) is 10.1. The lowest BCUT2D eigenvalue weighted by molar-refractivity contribution is -0.205. The molecular formula is C32H43ClN2O9S. The Morgan fingerprint density at radius 1 is 0.978 bits per heavy atom. The third-order valence-corrected chi connectivity index (χ3v) is 8.97. The second kappa shape index (κ2) is 17.8. The highest BCUT2D eigenvalue weighted by atomic mass is 35.5. The van der Waals surface area contributed by atoms with E-state index in [9.17, 15) is 29.7 Å². The van der Waals surface area contributed by atoms with Gasteiger partial charge in [-0.3, -0.25) is 9.69 Å². The molecule has 2 aliphatic rings. The molecule has 4 rings (SSSR count). The van der Waals surface area contributed by atoms with Gasteiger partial charge in [0.1, 0.15) is 29.9 Å². The highest BCUT2D eigenvalue weighted by molar-refractivity contribution is 7.99. The van der Waals surface area contributed by atoms with E-state index in [4.69, 9.17) is 16.3 Å². The third-order valence-electron chi connectivity index (χ3n) is 7.84. The normalized spacial score (nSPS) is 27.8. The fourth-order valence-electron chi connectivity index (χ4n) is 5.43. The summed E-state index contributed by atoms with van der Waals surface area (Å²) in [6.07, 6.45) is -0.0980. The Morgan fingerprint density at radius 2 is 1.51 bits per heavy atom. The number of carbonyl (C=O) groups is 3. The fraction of sp³-hybridized carbons (Fsp3) is 0.531. The molecule has 2 saturated heterocycles. The minimum Gasteiger partial charge on any atom is -0.388 e. The molecule has 2 aromatic rings. The first-order valence-corrected chi connectivity index (χ1v) is 16.6. The first kappa shape index (κ1) is 36.8. The number of carbonyl (C=O) groups excluding carboxylic acids is 3. The van der Waals surface area contributed by atoms with E-state index in [1.165, 1.54) is 11.8 Å². The SMILES string of the molecule is CCC[C@@H]1C[C@@H](C(=O)N[C@@H]([C@H]2O[C@H](SC)[C@H](O)[C@@H](O)[C@H]2O)[C@H](C)Cl)N(C)C1.O=C(OOC(=O)c1ccccc1)c1ccccc1. The average molecular weight is 667 g/mol. The quantitative estimate of drug-likeness (QED) is 0.177. The van der Waals surface area contributed by atoms with Crippen molar-refractivity contribution < 1.29 is 44.2 Å². The fourth-order valence-corrected chi connectivity index (χ4v) is 6.32. The van der Waals surface area contributed by atoms with Crippen molar-refractivity contribution in [3.63, 3.8) is 0 Å². The number of hydrogen-bond acceptors (Lipinski definition) is 11. The number of benzene rings is 2. The van der Waals surface area contributed by atoms with Gasteiger partial charge in [0.15, 0.2) is 0 Å². The lowest BCUT2D eigenvalue weighted by Crippen LogP contribution is -2.65. The van der Waals surface area contributed by atoms with E-state index in [2.05, 4.69) is 22.0 Å². The molecule has 2 fully saturated rings. The first-order chi connectivity index (χ1) is 21.5. The Balaban J connectivity index is 0.000000265. The van der Waals surface area contributed by atoms with E-state index in [-0.39, 0.29) is 11.9 Å². The summed E-state index contributed by atoms with van der Waals surface area (Å²) in [5, 5.41) is 33.0. The zero-order chi connectivity index (χ0) is 33.1. The second-order valence-electron chi connectivity index (χ2n) is 11.2. The Bertz CT molecular complexity index is 1170. The number of rotatable bonds is 9. The van der Waals surface area contributed by atoms with Crippen LogP contribution in [-0.4, -0.2) is 105 Å². The van der Waals surface area contributed by atoms with Crippen LogP contribution in [0.3, 0.4) is 0 Å². The van der Waals surface area contributed by atoms with Crippen molar-refractivity contribution in [3.05, 3.63) is 71.8 Å². The zero-order valence-electron chi connectivity index (χ0n) is 25.8. The lowest BCUT2D eigenvalue weighted by atomic mass is 9.92. The molecule has 0 radical (unpaired) electrons. The molecule has 0 aliphatic carbocycles. The van der Waals surface area contributed by atoms with Gasteiger partial charge < -0.3 is 25.4 Å². The molecule has 1 amide bonds. The van der Waals surface area contributed by atoms with Crippen molar-refractivity contribution in [3.8, 4) is 0 Å². The maximum atomic E-state index is 12.9. The summed E-state index contributed by atoms with van der Waals surface area (Å²) in [4.78, 5) is 46.8. The van der Waals surface area contributed by atoms with Crippen LogP contribution in [0.2, 0.25) is 0 Å². The second-order valence-corrected chi connectivity index (χ2v) is 12.8. The molecule has 0 aromatic heterocycles. The molecule has 4 N–H and O–H groups in total. The van der Waals surface area contributed by atoms with Crippen molar-refractivity contribution in [2.24, 2.45) is 5.92 Å². The minimum absolute atomic E-state index is 0.147.